The minimum atomic E-state index is -1.15. The number of rotatable bonds is 6. The third kappa shape index (κ3) is 7.67. The summed E-state index contributed by atoms with van der Waals surface area (Å²) in [6, 6.07) is 5.48. The van der Waals surface area contributed by atoms with Gasteiger partial charge >= 0.3 is 11.9 Å². The molecule has 1 saturated heterocycles. The molecule has 2 aromatic rings. The summed E-state index contributed by atoms with van der Waals surface area (Å²) < 4.78 is 22.1. The van der Waals surface area contributed by atoms with Crippen molar-refractivity contribution in [2.24, 2.45) is 5.92 Å². The van der Waals surface area contributed by atoms with Gasteiger partial charge < -0.3 is 59.7 Å². The predicted molar refractivity (Wildman–Crippen MR) is 157 cm³/mol. The molecule has 12 nitrogen and oxygen atoms in total. The van der Waals surface area contributed by atoms with Crippen LogP contribution < -0.4 is 50.3 Å². The van der Waals surface area contributed by atoms with E-state index < -0.39 is 41.6 Å². The lowest BCUT2D eigenvalue weighted by Crippen LogP contribution is -3.00. The first-order valence-electron chi connectivity index (χ1n) is 15.3. The first kappa shape index (κ1) is 36.9. The van der Waals surface area contributed by atoms with Crippen LogP contribution in [-0.4, -0.2) is 79.8 Å². The van der Waals surface area contributed by atoms with Gasteiger partial charge in [0.1, 0.15) is 29.2 Å². The zero-order valence-electron chi connectivity index (χ0n) is 26.3. The third-order valence-corrected chi connectivity index (χ3v) is 8.73. The highest BCUT2D eigenvalue weighted by Gasteiger charge is 2.62. The topological polar surface area (TPSA) is 162 Å². The Labute approximate surface area is 280 Å². The molecule has 1 unspecified atom stereocenters. The molecule has 1 aliphatic carbocycles. The summed E-state index contributed by atoms with van der Waals surface area (Å²) in [6.07, 6.45) is 8.36. The second kappa shape index (κ2) is 15.8. The van der Waals surface area contributed by atoms with Crippen molar-refractivity contribution in [1.82, 2.24) is 10.2 Å². The van der Waals surface area contributed by atoms with Crippen molar-refractivity contribution in [3.05, 3.63) is 42.1 Å². The number of fused-ring (bicyclic) bond motifs is 3. The molecule has 1 aromatic heterocycles. The van der Waals surface area contributed by atoms with Gasteiger partial charge in [-0.2, -0.15) is 4.98 Å². The van der Waals surface area contributed by atoms with E-state index in [4.69, 9.17) is 18.9 Å². The molecule has 0 spiro atoms. The van der Waals surface area contributed by atoms with Crippen LogP contribution in [0.3, 0.4) is 0 Å². The van der Waals surface area contributed by atoms with Crippen molar-refractivity contribution in [2.45, 2.75) is 75.6 Å². The van der Waals surface area contributed by atoms with Gasteiger partial charge in [0.05, 0.1) is 44.9 Å². The number of esters is 2. The molecule has 0 radical (unpaired) electrons. The van der Waals surface area contributed by atoms with Crippen LogP contribution in [-0.2, 0) is 23.9 Å². The average molecular weight is 682 g/mol. The first-order valence-corrected chi connectivity index (χ1v) is 15.3. The Kier molecular flexibility index (Phi) is 12.7. The summed E-state index contributed by atoms with van der Waals surface area (Å²) in [5, 5.41) is 3.66. The highest BCUT2D eigenvalue weighted by atomic mass is 35.5. The number of halogens is 2. The summed E-state index contributed by atoms with van der Waals surface area (Å²) in [6.45, 7) is 2.07. The van der Waals surface area contributed by atoms with E-state index in [-0.39, 0.29) is 61.9 Å². The number of methoxy groups -OCH3 is 2. The third-order valence-electron chi connectivity index (χ3n) is 8.73. The van der Waals surface area contributed by atoms with Crippen molar-refractivity contribution < 1.29 is 73.7 Å². The molecule has 1 saturated carbocycles. The zero-order valence-corrected chi connectivity index (χ0v) is 27.8. The SMILES string of the molecule is CCOC(=O)[C@@]12CC1/C=C\CCCCC[C@H]([NH3+])C(=O)N1C[C@H](Oc3cc(C(=O)OC)[nH+]c4cc(OC)ccc34)C[C@H]1C(=O)N2.[Cl-].[Cl-]. The molecule has 252 valence electrons. The number of hydrogen-bond acceptors (Lipinski definition) is 8. The number of allylic oxidation sites excluding steroid dienone is 1. The molecule has 2 amide bonds. The number of ether oxygens (including phenoxy) is 4. The second-order valence-electron chi connectivity index (χ2n) is 11.7. The molecule has 0 bridgehead atoms. The first-order chi connectivity index (χ1) is 21.2. The van der Waals surface area contributed by atoms with Gasteiger partial charge in [0.2, 0.25) is 11.4 Å². The molecule has 5 atom stereocenters. The number of aromatic amines is 1. The number of amides is 2. The number of aromatic nitrogens is 1. The van der Waals surface area contributed by atoms with Crippen molar-refractivity contribution in [3.8, 4) is 11.5 Å². The molecule has 5 rings (SSSR count). The van der Waals surface area contributed by atoms with E-state index in [0.717, 1.165) is 25.7 Å². The molecule has 46 heavy (non-hydrogen) atoms. The lowest BCUT2D eigenvalue weighted by Gasteiger charge is -2.27. The van der Waals surface area contributed by atoms with E-state index in [2.05, 4.69) is 22.1 Å². The van der Waals surface area contributed by atoms with E-state index >= 15 is 0 Å². The Hall–Kier alpha value is -3.61. The molecule has 5 N–H and O–H groups in total. The average Bonchev–Trinajstić information content (AvgIpc) is 3.55. The number of nitrogens with one attached hydrogen (secondary N) is 2. The normalized spacial score (nSPS) is 26.8. The number of pyridine rings is 1. The molecule has 1 aromatic carbocycles. The number of quaternary nitrogens is 1. The van der Waals surface area contributed by atoms with Crippen LogP contribution in [0.15, 0.2) is 36.4 Å². The lowest BCUT2D eigenvalue weighted by atomic mass is 10.1. The fourth-order valence-corrected chi connectivity index (χ4v) is 6.19. The van der Waals surface area contributed by atoms with Crippen LogP contribution in [0.2, 0.25) is 0 Å². The summed E-state index contributed by atoms with van der Waals surface area (Å²) in [4.78, 5) is 57.8. The minimum absolute atomic E-state index is 0. The fraction of sp³-hybridized carbons (Fsp3) is 0.531. The van der Waals surface area contributed by atoms with Crippen LogP contribution in [0, 0.1) is 5.92 Å². The van der Waals surface area contributed by atoms with Gasteiger partial charge in [0, 0.05) is 18.8 Å². The van der Waals surface area contributed by atoms with Gasteiger partial charge in [-0.1, -0.05) is 18.6 Å². The molecule has 2 aliphatic heterocycles. The lowest BCUT2D eigenvalue weighted by molar-refractivity contribution is -0.407. The van der Waals surface area contributed by atoms with Gasteiger partial charge in [-0.05, 0) is 44.7 Å². The zero-order chi connectivity index (χ0) is 31.4. The van der Waals surface area contributed by atoms with Gasteiger partial charge in [0.15, 0.2) is 6.04 Å². The molecule has 3 aliphatic rings. The van der Waals surface area contributed by atoms with Gasteiger partial charge in [-0.3, -0.25) is 9.59 Å². The number of hydrogen-bond donors (Lipinski definition) is 2. The maximum absolute atomic E-state index is 13.9. The number of H-pyrrole nitrogens is 1. The van der Waals surface area contributed by atoms with Crippen molar-refractivity contribution in [2.75, 3.05) is 27.4 Å². The quantitative estimate of drug-likeness (QED) is 0.228. The molecule has 2 fully saturated rings. The summed E-state index contributed by atoms with van der Waals surface area (Å²) in [7, 11) is 2.84. The summed E-state index contributed by atoms with van der Waals surface area (Å²) >= 11 is 0. The monoisotopic (exact) mass is 680 g/mol. The standard InChI is InChI=1S/C32H40N4O8.2ClH/c1-4-43-31(40)32-17-19(32)10-8-6-5-7-9-11-23(33)29(38)36-18-21(15-26(36)28(37)35-32)44-27-16-25(30(39)42-3)34-24-14-20(41-2)12-13-22(24)27;;/h8,10,12-14,16,19,21,23,26H,4-7,9,11,15,17-18,33H2,1-3H3,(H,35,37);2*1H/b10-8-;;/t19?,21-,23+,26+,32-;;/m1../s1. The molecule has 14 heteroatoms. The molecular weight excluding hydrogens is 639 g/mol. The number of nitrogens with zero attached hydrogens (tertiary/aromatic N) is 1. The Morgan fingerprint density at radius 3 is 2.63 bits per heavy atom. The van der Waals surface area contributed by atoms with Crippen LogP contribution in [0.1, 0.15) is 62.4 Å². The van der Waals surface area contributed by atoms with E-state index in [0.29, 0.717) is 35.2 Å². The van der Waals surface area contributed by atoms with E-state index in [1.807, 2.05) is 12.1 Å². The van der Waals surface area contributed by atoms with Gasteiger partial charge in [-0.15, -0.1) is 0 Å². The van der Waals surface area contributed by atoms with Crippen LogP contribution in [0.4, 0.5) is 0 Å². The minimum Gasteiger partial charge on any atom is -1.00 e. The number of carbonyl (C=O) groups excluding carboxylic acids is 4. The van der Waals surface area contributed by atoms with Crippen LogP contribution in [0.5, 0.6) is 11.5 Å². The van der Waals surface area contributed by atoms with E-state index in [9.17, 15) is 19.2 Å². The maximum Gasteiger partial charge on any atom is 0.403 e. The largest absolute Gasteiger partial charge is 1.00 e. The van der Waals surface area contributed by atoms with Crippen LogP contribution in [0.25, 0.3) is 10.9 Å². The summed E-state index contributed by atoms with van der Waals surface area (Å²) in [5.74, 6) is -0.900. The Balaban J connectivity index is 0.00000288. The van der Waals surface area contributed by atoms with Crippen molar-refractivity contribution in [1.29, 1.82) is 0 Å². The van der Waals surface area contributed by atoms with Gasteiger partial charge in [0.25, 0.3) is 11.6 Å². The fourth-order valence-electron chi connectivity index (χ4n) is 6.19. The van der Waals surface area contributed by atoms with Crippen molar-refractivity contribution >= 4 is 34.7 Å². The molecule has 3 heterocycles. The van der Waals surface area contributed by atoms with Gasteiger partial charge in [-0.25, -0.2) is 9.59 Å². The van der Waals surface area contributed by atoms with Crippen molar-refractivity contribution in [3.63, 3.8) is 0 Å². The Morgan fingerprint density at radius 1 is 1.13 bits per heavy atom. The molecular formula is C32H42Cl2N4O8. The van der Waals surface area contributed by atoms with Crippen LogP contribution >= 0.6 is 0 Å². The predicted octanol–water partition coefficient (Wildman–Crippen LogP) is -4.63. The number of benzene rings is 1. The van der Waals surface area contributed by atoms with E-state index in [1.54, 1.807) is 32.2 Å². The number of carbonyl (C=O) groups is 4. The highest BCUT2D eigenvalue weighted by Crippen LogP contribution is 2.46. The highest BCUT2D eigenvalue weighted by molar-refractivity contribution is 5.96. The summed E-state index contributed by atoms with van der Waals surface area (Å²) in [5.41, 5.74) is 3.74. The maximum atomic E-state index is 13.9. The van der Waals surface area contributed by atoms with E-state index in [1.165, 1.54) is 12.0 Å². The smallest absolute Gasteiger partial charge is 0.403 e. The second-order valence-corrected chi connectivity index (χ2v) is 11.7. The Bertz CT molecular complexity index is 1470. The Morgan fingerprint density at radius 2 is 1.91 bits per heavy atom.